The van der Waals surface area contributed by atoms with Crippen molar-refractivity contribution in [3.8, 4) is 11.5 Å². The highest BCUT2D eigenvalue weighted by molar-refractivity contribution is 5.49. The second kappa shape index (κ2) is 3.74. The van der Waals surface area contributed by atoms with E-state index >= 15 is 0 Å². The minimum absolute atomic E-state index is 0.0593. The van der Waals surface area contributed by atoms with Crippen LogP contribution in [0.15, 0.2) is 18.2 Å². The monoisotopic (exact) mass is 211 g/mol. The lowest BCUT2D eigenvalue weighted by atomic mass is 10.2. The number of rotatable bonds is 2. The summed E-state index contributed by atoms with van der Waals surface area (Å²) in [5.74, 6) is 0.764. The van der Waals surface area contributed by atoms with E-state index in [-0.39, 0.29) is 18.9 Å². The molecule has 1 atom stereocenters. The number of non-ortho nitro benzene ring substituents is 1. The highest BCUT2D eigenvalue weighted by Crippen LogP contribution is 2.34. The van der Waals surface area contributed by atoms with Crippen LogP contribution in [-0.4, -0.2) is 29.3 Å². The molecule has 2 rings (SSSR count). The zero-order chi connectivity index (χ0) is 10.8. The number of hydrogen-bond acceptors (Lipinski definition) is 5. The van der Waals surface area contributed by atoms with Gasteiger partial charge in [-0.2, -0.15) is 0 Å². The van der Waals surface area contributed by atoms with Crippen LogP contribution in [0.5, 0.6) is 11.5 Å². The van der Waals surface area contributed by atoms with Crippen molar-refractivity contribution >= 4 is 5.69 Å². The summed E-state index contributed by atoms with van der Waals surface area (Å²) in [4.78, 5) is 9.99. The third-order valence-electron chi connectivity index (χ3n) is 2.06. The van der Waals surface area contributed by atoms with Crippen LogP contribution in [0.3, 0.4) is 0 Å². The van der Waals surface area contributed by atoms with Crippen molar-refractivity contribution in [1.29, 1.82) is 0 Å². The average Bonchev–Trinajstić information content (AvgIpc) is 2.27. The predicted molar refractivity (Wildman–Crippen MR) is 50.1 cm³/mol. The standard InChI is InChI=1S/C9H9NO5/c11-4-7-5-14-8-2-1-6(10(12)13)3-9(8)15-7/h1-3,7,11H,4-5H2/t7-/m0/s1. The number of aliphatic hydroxyl groups is 1. The fraction of sp³-hybridized carbons (Fsp3) is 0.333. The molecule has 1 aliphatic heterocycles. The Morgan fingerprint density at radius 3 is 3.00 bits per heavy atom. The van der Waals surface area contributed by atoms with Crippen LogP contribution in [0.1, 0.15) is 0 Å². The summed E-state index contributed by atoms with van der Waals surface area (Å²) in [6, 6.07) is 4.12. The van der Waals surface area contributed by atoms with Gasteiger partial charge in [0, 0.05) is 6.07 Å². The number of aliphatic hydroxyl groups excluding tert-OH is 1. The van der Waals surface area contributed by atoms with Gasteiger partial charge in [0.25, 0.3) is 5.69 Å². The normalized spacial score (nSPS) is 18.6. The molecule has 0 spiro atoms. The molecule has 0 amide bonds. The van der Waals surface area contributed by atoms with Gasteiger partial charge in [0.1, 0.15) is 6.61 Å². The van der Waals surface area contributed by atoms with Crippen molar-refractivity contribution in [1.82, 2.24) is 0 Å². The molecule has 6 heteroatoms. The number of nitro benzene ring substituents is 1. The van der Waals surface area contributed by atoms with Gasteiger partial charge in [-0.15, -0.1) is 0 Å². The molecule has 1 N–H and O–H groups in total. The van der Waals surface area contributed by atoms with Gasteiger partial charge in [0.05, 0.1) is 17.6 Å². The van der Waals surface area contributed by atoms with E-state index in [1.807, 2.05) is 0 Å². The molecule has 0 saturated heterocycles. The van der Waals surface area contributed by atoms with E-state index in [1.54, 1.807) is 0 Å². The van der Waals surface area contributed by atoms with E-state index in [1.165, 1.54) is 18.2 Å². The first-order valence-electron chi connectivity index (χ1n) is 4.39. The molecule has 0 unspecified atom stereocenters. The maximum Gasteiger partial charge on any atom is 0.273 e. The van der Waals surface area contributed by atoms with Crippen LogP contribution >= 0.6 is 0 Å². The maximum absolute atomic E-state index is 10.5. The van der Waals surface area contributed by atoms with Crippen LogP contribution in [0.4, 0.5) is 5.69 Å². The Morgan fingerprint density at radius 1 is 1.53 bits per heavy atom. The average molecular weight is 211 g/mol. The molecule has 0 radical (unpaired) electrons. The van der Waals surface area contributed by atoms with E-state index in [0.29, 0.717) is 11.5 Å². The fourth-order valence-corrected chi connectivity index (χ4v) is 1.31. The second-order valence-corrected chi connectivity index (χ2v) is 3.12. The summed E-state index contributed by atoms with van der Waals surface area (Å²) < 4.78 is 10.5. The molecule has 6 nitrogen and oxygen atoms in total. The van der Waals surface area contributed by atoms with E-state index in [9.17, 15) is 10.1 Å². The van der Waals surface area contributed by atoms with Gasteiger partial charge in [0.15, 0.2) is 17.6 Å². The van der Waals surface area contributed by atoms with Gasteiger partial charge in [-0.25, -0.2) is 0 Å². The van der Waals surface area contributed by atoms with Crippen molar-refractivity contribution in [3.05, 3.63) is 28.3 Å². The fourth-order valence-electron chi connectivity index (χ4n) is 1.31. The molecule has 0 aromatic heterocycles. The van der Waals surface area contributed by atoms with Crippen molar-refractivity contribution in [3.63, 3.8) is 0 Å². The Morgan fingerprint density at radius 2 is 2.33 bits per heavy atom. The van der Waals surface area contributed by atoms with Crippen LogP contribution < -0.4 is 9.47 Å². The third-order valence-corrected chi connectivity index (χ3v) is 2.06. The molecule has 0 fully saturated rings. The first kappa shape index (κ1) is 9.72. The van der Waals surface area contributed by atoms with E-state index in [2.05, 4.69) is 0 Å². The van der Waals surface area contributed by atoms with Gasteiger partial charge in [-0.1, -0.05) is 0 Å². The van der Waals surface area contributed by atoms with E-state index in [4.69, 9.17) is 14.6 Å². The highest BCUT2D eigenvalue weighted by atomic mass is 16.6. The molecule has 1 aromatic rings. The lowest BCUT2D eigenvalue weighted by Crippen LogP contribution is -2.32. The van der Waals surface area contributed by atoms with Gasteiger partial charge in [-0.05, 0) is 6.07 Å². The number of fused-ring (bicyclic) bond motifs is 1. The van der Waals surface area contributed by atoms with Gasteiger partial charge < -0.3 is 14.6 Å². The zero-order valence-corrected chi connectivity index (χ0v) is 7.75. The zero-order valence-electron chi connectivity index (χ0n) is 7.75. The molecule has 0 bridgehead atoms. The summed E-state index contributed by atoms with van der Waals surface area (Å²) in [5.41, 5.74) is -0.0593. The molecule has 15 heavy (non-hydrogen) atoms. The number of nitrogens with zero attached hydrogens (tertiary/aromatic N) is 1. The topological polar surface area (TPSA) is 81.8 Å². The van der Waals surface area contributed by atoms with Crippen molar-refractivity contribution < 1.29 is 19.5 Å². The van der Waals surface area contributed by atoms with E-state index in [0.717, 1.165) is 0 Å². The Hall–Kier alpha value is -1.82. The second-order valence-electron chi connectivity index (χ2n) is 3.12. The minimum Gasteiger partial charge on any atom is -0.486 e. The summed E-state index contributed by atoms with van der Waals surface area (Å²) in [5, 5.41) is 19.4. The number of benzene rings is 1. The smallest absolute Gasteiger partial charge is 0.273 e. The van der Waals surface area contributed by atoms with E-state index < -0.39 is 11.0 Å². The third kappa shape index (κ3) is 1.84. The van der Waals surface area contributed by atoms with Crippen LogP contribution in [0, 0.1) is 10.1 Å². The predicted octanol–water partition coefficient (Wildman–Crippen LogP) is 0.727. The lowest BCUT2D eigenvalue weighted by Gasteiger charge is -2.24. The summed E-state index contributed by atoms with van der Waals surface area (Å²) >= 11 is 0. The summed E-state index contributed by atoms with van der Waals surface area (Å²) in [6.45, 7) is 0.0729. The summed E-state index contributed by atoms with van der Waals surface area (Å²) in [7, 11) is 0. The molecule has 1 heterocycles. The summed E-state index contributed by atoms with van der Waals surface area (Å²) in [6.07, 6.45) is -0.459. The van der Waals surface area contributed by atoms with Crippen molar-refractivity contribution in [2.24, 2.45) is 0 Å². The van der Waals surface area contributed by atoms with Crippen molar-refractivity contribution in [2.75, 3.05) is 13.2 Å². The highest BCUT2D eigenvalue weighted by Gasteiger charge is 2.22. The first-order valence-corrected chi connectivity index (χ1v) is 4.39. The maximum atomic E-state index is 10.5. The molecular formula is C9H9NO5. The number of hydrogen-bond donors (Lipinski definition) is 1. The van der Waals surface area contributed by atoms with Gasteiger partial charge >= 0.3 is 0 Å². The molecular weight excluding hydrogens is 202 g/mol. The molecule has 1 aliphatic rings. The molecule has 80 valence electrons. The van der Waals surface area contributed by atoms with Crippen LogP contribution in [-0.2, 0) is 0 Å². The van der Waals surface area contributed by atoms with Crippen LogP contribution in [0.2, 0.25) is 0 Å². The molecule has 0 saturated carbocycles. The largest absolute Gasteiger partial charge is 0.486 e. The Balaban J connectivity index is 2.30. The minimum atomic E-state index is -0.508. The molecule has 1 aromatic carbocycles. The SMILES string of the molecule is O=[N+]([O-])c1ccc2c(c1)O[C@@H](CO)CO2. The molecule has 0 aliphatic carbocycles. The quantitative estimate of drug-likeness (QED) is 0.576. The first-order chi connectivity index (χ1) is 7.20. The van der Waals surface area contributed by atoms with Crippen molar-refractivity contribution in [2.45, 2.75) is 6.10 Å². The number of nitro groups is 1. The van der Waals surface area contributed by atoms with Crippen LogP contribution in [0.25, 0.3) is 0 Å². The van der Waals surface area contributed by atoms with Gasteiger partial charge in [0.2, 0.25) is 0 Å². The Kier molecular flexibility index (Phi) is 2.42. The lowest BCUT2D eigenvalue weighted by molar-refractivity contribution is -0.385. The number of ether oxygens (including phenoxy) is 2. The Bertz CT molecular complexity index is 392. The van der Waals surface area contributed by atoms with Gasteiger partial charge in [-0.3, -0.25) is 10.1 Å². The Labute approximate surface area is 85.2 Å².